The number of carbonyl (C=O) groups is 2. The molecular formula is C19H27BrO2. The van der Waals surface area contributed by atoms with Gasteiger partial charge in [0.15, 0.2) is 11.6 Å². The average molecular weight is 367 g/mol. The molecule has 2 fully saturated rings. The van der Waals surface area contributed by atoms with E-state index < -0.39 is 5.41 Å². The molecule has 0 N–H and O–H groups in total. The predicted octanol–water partition coefficient (Wildman–Crippen LogP) is 5.16. The van der Waals surface area contributed by atoms with Gasteiger partial charge in [-0.1, -0.05) is 45.6 Å². The number of ketones is 2. The first-order valence-corrected chi connectivity index (χ1v) is 9.15. The lowest BCUT2D eigenvalue weighted by atomic mass is 9.51. The van der Waals surface area contributed by atoms with Crippen molar-refractivity contribution in [3.63, 3.8) is 0 Å². The number of rotatable bonds is 4. The zero-order valence-electron chi connectivity index (χ0n) is 14.2. The summed E-state index contributed by atoms with van der Waals surface area (Å²) in [6.45, 7) is 8.19. The van der Waals surface area contributed by atoms with Crippen LogP contribution in [0.5, 0.6) is 0 Å². The molecule has 3 heteroatoms. The Morgan fingerprint density at radius 2 is 1.68 bits per heavy atom. The van der Waals surface area contributed by atoms with Crippen LogP contribution in [0, 0.1) is 10.8 Å². The van der Waals surface area contributed by atoms with Gasteiger partial charge in [-0.05, 0) is 59.8 Å². The quantitative estimate of drug-likeness (QED) is 0.391. The van der Waals surface area contributed by atoms with E-state index in [1.165, 1.54) is 11.1 Å². The van der Waals surface area contributed by atoms with Crippen LogP contribution in [-0.4, -0.2) is 16.4 Å². The van der Waals surface area contributed by atoms with Crippen LogP contribution in [0.15, 0.2) is 23.3 Å². The van der Waals surface area contributed by atoms with Gasteiger partial charge in [0, 0.05) is 5.41 Å². The monoisotopic (exact) mass is 366 g/mol. The van der Waals surface area contributed by atoms with Crippen molar-refractivity contribution in [2.75, 3.05) is 0 Å². The fourth-order valence-corrected chi connectivity index (χ4v) is 5.04. The van der Waals surface area contributed by atoms with E-state index in [9.17, 15) is 9.59 Å². The molecule has 0 aromatic rings. The third-order valence-electron chi connectivity index (χ3n) is 5.26. The van der Waals surface area contributed by atoms with Crippen molar-refractivity contribution >= 4 is 27.5 Å². The highest BCUT2D eigenvalue weighted by Gasteiger charge is 2.61. The molecule has 0 unspecified atom stereocenters. The highest BCUT2D eigenvalue weighted by Crippen LogP contribution is 2.56. The van der Waals surface area contributed by atoms with Crippen molar-refractivity contribution in [3.8, 4) is 0 Å². The van der Waals surface area contributed by atoms with Crippen LogP contribution in [0.1, 0.15) is 66.2 Å². The average Bonchev–Trinajstić information content (AvgIpc) is 2.44. The van der Waals surface area contributed by atoms with Gasteiger partial charge in [-0.2, -0.15) is 0 Å². The predicted molar refractivity (Wildman–Crippen MR) is 94.2 cm³/mol. The molecule has 2 nitrogen and oxygen atoms in total. The van der Waals surface area contributed by atoms with Gasteiger partial charge in [0.1, 0.15) is 0 Å². The third-order valence-corrected chi connectivity index (χ3v) is 6.00. The van der Waals surface area contributed by atoms with E-state index in [0.717, 1.165) is 19.3 Å². The Bertz CT molecular complexity index is 538. The van der Waals surface area contributed by atoms with Crippen LogP contribution < -0.4 is 0 Å². The highest BCUT2D eigenvalue weighted by molar-refractivity contribution is 9.10. The number of fused-ring (bicyclic) bond motifs is 2. The maximum atomic E-state index is 13.3. The molecule has 0 heterocycles. The fourth-order valence-electron chi connectivity index (χ4n) is 3.98. The highest BCUT2D eigenvalue weighted by atomic mass is 79.9. The van der Waals surface area contributed by atoms with E-state index >= 15 is 0 Å². The first-order chi connectivity index (χ1) is 10.2. The maximum Gasteiger partial charge on any atom is 0.160 e. The molecule has 122 valence electrons. The summed E-state index contributed by atoms with van der Waals surface area (Å²) in [5.41, 5.74) is 1.29. The number of halogens is 1. The molecule has 3 atom stereocenters. The first kappa shape index (κ1) is 17.7. The lowest BCUT2D eigenvalue weighted by Crippen LogP contribution is -2.59. The van der Waals surface area contributed by atoms with E-state index in [1.807, 2.05) is 13.8 Å². The van der Waals surface area contributed by atoms with Gasteiger partial charge >= 0.3 is 0 Å². The van der Waals surface area contributed by atoms with Crippen LogP contribution in [-0.2, 0) is 9.59 Å². The number of hydrogen-bond acceptors (Lipinski definition) is 2. The second-order valence-electron chi connectivity index (χ2n) is 7.55. The number of allylic oxidation sites excluding steroid dienone is 4. The summed E-state index contributed by atoms with van der Waals surface area (Å²) in [6, 6.07) is 0. The van der Waals surface area contributed by atoms with E-state index in [2.05, 4.69) is 41.9 Å². The molecule has 0 radical (unpaired) electrons. The van der Waals surface area contributed by atoms with Gasteiger partial charge in [-0.15, -0.1) is 0 Å². The van der Waals surface area contributed by atoms with Gasteiger partial charge in [-0.25, -0.2) is 0 Å². The van der Waals surface area contributed by atoms with E-state index in [-0.39, 0.29) is 21.8 Å². The van der Waals surface area contributed by atoms with E-state index in [0.29, 0.717) is 19.3 Å². The molecule has 0 aromatic heterocycles. The first-order valence-electron chi connectivity index (χ1n) is 8.24. The van der Waals surface area contributed by atoms with Gasteiger partial charge in [0.05, 0.1) is 10.2 Å². The van der Waals surface area contributed by atoms with Crippen LogP contribution in [0.3, 0.4) is 0 Å². The number of hydrogen-bond donors (Lipinski definition) is 0. The van der Waals surface area contributed by atoms with Gasteiger partial charge in [-0.3, -0.25) is 9.59 Å². The van der Waals surface area contributed by atoms with Crippen molar-refractivity contribution < 1.29 is 9.59 Å². The number of Topliss-reactive ketones (excluding diaryl/α,β-unsaturated/α-hetero) is 2. The van der Waals surface area contributed by atoms with Crippen molar-refractivity contribution in [2.45, 2.75) is 71.0 Å². The molecule has 0 amide bonds. The van der Waals surface area contributed by atoms with Crippen molar-refractivity contribution in [1.29, 1.82) is 0 Å². The Kier molecular flexibility index (Phi) is 5.16. The minimum atomic E-state index is -0.780. The van der Waals surface area contributed by atoms with Crippen molar-refractivity contribution in [2.24, 2.45) is 10.8 Å². The van der Waals surface area contributed by atoms with E-state index in [1.54, 1.807) is 0 Å². The Morgan fingerprint density at radius 1 is 1.09 bits per heavy atom. The molecule has 2 aliphatic carbocycles. The summed E-state index contributed by atoms with van der Waals surface area (Å²) in [6.07, 6.45) is 8.86. The Morgan fingerprint density at radius 3 is 2.27 bits per heavy atom. The normalized spacial score (nSPS) is 34.3. The molecule has 0 saturated heterocycles. The van der Waals surface area contributed by atoms with Crippen LogP contribution in [0.2, 0.25) is 0 Å². The van der Waals surface area contributed by atoms with E-state index in [4.69, 9.17) is 0 Å². The lowest BCUT2D eigenvalue weighted by molar-refractivity contribution is -0.157. The Hall–Kier alpha value is -0.700. The minimum absolute atomic E-state index is 0.113. The Balaban J connectivity index is 2.43. The molecule has 2 aliphatic rings. The summed E-state index contributed by atoms with van der Waals surface area (Å²) >= 11 is 3.58. The SMILES string of the molecule is CC(C)=CC[C@@]12CCC[C@@](CC=C(C)C)(C(=O)[C@@H](Br)C1)C2=O. The molecule has 2 rings (SSSR count). The summed E-state index contributed by atoms with van der Waals surface area (Å²) < 4.78 is 0. The molecule has 2 bridgehead atoms. The van der Waals surface area contributed by atoms with Crippen LogP contribution >= 0.6 is 15.9 Å². The fraction of sp³-hybridized carbons (Fsp3) is 0.684. The smallest absolute Gasteiger partial charge is 0.160 e. The number of carbonyl (C=O) groups excluding carboxylic acids is 2. The second-order valence-corrected chi connectivity index (χ2v) is 8.66. The van der Waals surface area contributed by atoms with Gasteiger partial charge < -0.3 is 0 Å². The molecule has 0 aliphatic heterocycles. The molecule has 0 aromatic carbocycles. The maximum absolute atomic E-state index is 13.3. The summed E-state index contributed by atoms with van der Waals surface area (Å²) in [7, 11) is 0. The standard InChI is InChI=1S/C19H27BrO2/c1-13(2)6-10-18-8-5-9-19(17(18)22,11-7-14(3)4)16(21)15(20)12-18/h6-7,15H,5,8-12H2,1-4H3/t15-,18-,19+/m0/s1. The van der Waals surface area contributed by atoms with Gasteiger partial charge in [0.2, 0.25) is 0 Å². The van der Waals surface area contributed by atoms with Crippen LogP contribution in [0.25, 0.3) is 0 Å². The summed E-state index contributed by atoms with van der Waals surface area (Å²) in [4.78, 5) is 26.0. The van der Waals surface area contributed by atoms with Crippen LogP contribution in [0.4, 0.5) is 0 Å². The van der Waals surface area contributed by atoms with Gasteiger partial charge in [0.25, 0.3) is 0 Å². The third kappa shape index (κ3) is 3.02. The number of alkyl halides is 1. The Labute approximate surface area is 142 Å². The summed E-state index contributed by atoms with van der Waals surface area (Å²) in [5, 5.41) is 0. The molecule has 22 heavy (non-hydrogen) atoms. The van der Waals surface area contributed by atoms with Crippen molar-refractivity contribution in [3.05, 3.63) is 23.3 Å². The minimum Gasteiger partial charge on any atom is -0.298 e. The lowest BCUT2D eigenvalue weighted by Gasteiger charge is -2.51. The molecule has 0 spiro atoms. The summed E-state index contributed by atoms with van der Waals surface area (Å²) in [5.74, 6) is 0.324. The van der Waals surface area contributed by atoms with Crippen molar-refractivity contribution in [1.82, 2.24) is 0 Å². The topological polar surface area (TPSA) is 34.1 Å². The molecular weight excluding hydrogens is 340 g/mol. The molecule has 2 saturated carbocycles. The largest absolute Gasteiger partial charge is 0.298 e. The second kappa shape index (κ2) is 6.43. The zero-order chi connectivity index (χ0) is 16.5. The zero-order valence-corrected chi connectivity index (χ0v) is 15.8.